The number of carboxylic acid groups (broad SMARTS) is 1. The van der Waals surface area contributed by atoms with Crippen LogP contribution in [0.1, 0.15) is 39.9 Å². The quantitative estimate of drug-likeness (QED) is 0.241. The van der Waals surface area contributed by atoms with Gasteiger partial charge in [-0.25, -0.2) is 9.18 Å². The third-order valence-electron chi connectivity index (χ3n) is 7.07. The molecule has 0 aliphatic carbocycles. The number of carbonyl (C=O) groups excluding carboxylic acids is 1. The number of hydrogen-bond acceptors (Lipinski definition) is 5. The highest BCUT2D eigenvalue weighted by molar-refractivity contribution is 7.99. The van der Waals surface area contributed by atoms with Crippen LogP contribution in [0.15, 0.2) is 71.9 Å². The average Bonchev–Trinajstić information content (AvgIpc) is 3.41. The second-order valence-electron chi connectivity index (χ2n) is 9.74. The van der Waals surface area contributed by atoms with Crippen LogP contribution in [-0.4, -0.2) is 45.7 Å². The minimum Gasteiger partial charge on any atom is -0.493 e. The minimum absolute atomic E-state index is 0.0687. The van der Waals surface area contributed by atoms with E-state index < -0.39 is 11.8 Å². The zero-order chi connectivity index (χ0) is 28.2. The van der Waals surface area contributed by atoms with Gasteiger partial charge in [0.25, 0.3) is 0 Å². The number of nitrogens with zero attached hydrogens (tertiary/aromatic N) is 3. The topological polar surface area (TPSA) is 84.7 Å². The number of carboxylic acids is 1. The number of thioether (sulfide) groups is 1. The first-order valence-electron chi connectivity index (χ1n) is 13.1. The molecule has 0 fully saturated rings. The molecule has 1 amide bonds. The molecule has 0 bridgehead atoms. The predicted octanol–water partition coefficient (Wildman–Crippen LogP) is 6.35. The average molecular weight is 560 g/mol. The number of carbonyl (C=O) groups is 2. The molecule has 0 saturated heterocycles. The highest BCUT2D eigenvalue weighted by atomic mass is 32.2. The van der Waals surface area contributed by atoms with E-state index in [1.807, 2.05) is 48.4 Å². The highest BCUT2D eigenvalue weighted by Gasteiger charge is 2.25. The van der Waals surface area contributed by atoms with E-state index in [-0.39, 0.29) is 18.0 Å². The maximum absolute atomic E-state index is 14.4. The third-order valence-corrected chi connectivity index (χ3v) is 8.18. The van der Waals surface area contributed by atoms with Crippen molar-refractivity contribution in [3.63, 3.8) is 0 Å². The van der Waals surface area contributed by atoms with E-state index in [0.717, 1.165) is 44.8 Å². The van der Waals surface area contributed by atoms with Crippen molar-refractivity contribution < 1.29 is 23.8 Å². The fraction of sp³-hybridized carbons (Fsp3) is 0.258. The van der Waals surface area contributed by atoms with Gasteiger partial charge in [-0.05, 0) is 55.7 Å². The molecule has 40 heavy (non-hydrogen) atoms. The fourth-order valence-electron chi connectivity index (χ4n) is 4.73. The number of aryl methyl sites for hydroxylation is 1. The number of halogens is 1. The number of amides is 1. The van der Waals surface area contributed by atoms with Crippen LogP contribution in [0.25, 0.3) is 11.1 Å². The molecule has 1 aliphatic heterocycles. The summed E-state index contributed by atoms with van der Waals surface area (Å²) in [5.74, 6) is -0.0459. The van der Waals surface area contributed by atoms with Crippen LogP contribution in [0.3, 0.4) is 0 Å². The van der Waals surface area contributed by atoms with Gasteiger partial charge >= 0.3 is 5.97 Å². The molecular weight excluding hydrogens is 529 g/mol. The van der Waals surface area contributed by atoms with Gasteiger partial charge in [-0.2, -0.15) is 5.10 Å². The van der Waals surface area contributed by atoms with Crippen molar-refractivity contribution >= 4 is 29.3 Å². The zero-order valence-electron chi connectivity index (χ0n) is 22.4. The van der Waals surface area contributed by atoms with Crippen LogP contribution < -0.4 is 9.64 Å². The Bertz CT molecular complexity index is 1570. The summed E-state index contributed by atoms with van der Waals surface area (Å²) in [7, 11) is 0. The zero-order valence-corrected chi connectivity index (χ0v) is 23.2. The van der Waals surface area contributed by atoms with Gasteiger partial charge in [0.2, 0.25) is 5.91 Å². The number of hydrogen-bond donors (Lipinski definition) is 1. The normalized spacial score (nSPS) is 12.7. The SMILES string of the molecule is Cc1cccc(OCCCC(=O)N2CCSc3c(-c4cnn(Cc5ccc(C(=O)O)cc5F)c4)cccc32)c1C. The van der Waals surface area contributed by atoms with Gasteiger partial charge in [-0.1, -0.05) is 30.3 Å². The predicted molar refractivity (Wildman–Crippen MR) is 154 cm³/mol. The molecule has 5 rings (SSSR count). The van der Waals surface area contributed by atoms with Crippen LogP contribution in [0.5, 0.6) is 5.75 Å². The summed E-state index contributed by atoms with van der Waals surface area (Å²) in [6, 6.07) is 15.8. The van der Waals surface area contributed by atoms with Crippen molar-refractivity contribution in [2.75, 3.05) is 23.8 Å². The Kier molecular flexibility index (Phi) is 8.21. The first-order valence-corrected chi connectivity index (χ1v) is 14.1. The molecule has 3 aromatic carbocycles. The maximum atomic E-state index is 14.4. The summed E-state index contributed by atoms with van der Waals surface area (Å²) < 4.78 is 22.0. The molecule has 1 aromatic heterocycles. The number of benzene rings is 3. The summed E-state index contributed by atoms with van der Waals surface area (Å²) in [5.41, 5.74) is 5.27. The van der Waals surface area contributed by atoms with Gasteiger partial charge < -0.3 is 14.7 Å². The standard InChI is InChI=1S/C31H30FN3O4S/c1-20-6-3-9-28(21(20)2)39-14-5-10-29(36)35-13-15-40-30-25(7-4-8-27(30)35)24-17-33-34(19-24)18-23-12-11-22(31(37)38)16-26(23)32/h3-4,6-9,11-12,16-17,19H,5,10,13-15,18H2,1-2H3,(H,37,38). The number of fused-ring (bicyclic) bond motifs is 1. The Balaban J connectivity index is 1.26. The van der Waals surface area contributed by atoms with Crippen LogP contribution >= 0.6 is 11.8 Å². The van der Waals surface area contributed by atoms with Crippen molar-refractivity contribution in [3.05, 3.63) is 95.1 Å². The molecule has 206 valence electrons. The molecule has 9 heteroatoms. The van der Waals surface area contributed by atoms with E-state index in [0.29, 0.717) is 31.6 Å². The second-order valence-corrected chi connectivity index (χ2v) is 10.8. The van der Waals surface area contributed by atoms with Crippen molar-refractivity contribution in [1.29, 1.82) is 0 Å². The van der Waals surface area contributed by atoms with Crippen LogP contribution in [0, 0.1) is 19.7 Å². The molecule has 0 atom stereocenters. The Morgan fingerprint density at radius 2 is 1.95 bits per heavy atom. The van der Waals surface area contributed by atoms with Crippen molar-refractivity contribution in [2.45, 2.75) is 38.1 Å². The highest BCUT2D eigenvalue weighted by Crippen LogP contribution is 2.42. The number of rotatable bonds is 9. The molecule has 0 spiro atoms. The molecule has 7 nitrogen and oxygen atoms in total. The van der Waals surface area contributed by atoms with Gasteiger partial charge in [-0.15, -0.1) is 11.8 Å². The molecule has 1 N–H and O–H groups in total. The van der Waals surface area contributed by atoms with E-state index in [1.54, 1.807) is 22.6 Å². The summed E-state index contributed by atoms with van der Waals surface area (Å²) in [6.45, 7) is 5.38. The van der Waals surface area contributed by atoms with Gasteiger partial charge in [0.15, 0.2) is 0 Å². The molecule has 2 heterocycles. The summed E-state index contributed by atoms with van der Waals surface area (Å²) in [4.78, 5) is 27.2. The lowest BCUT2D eigenvalue weighted by Gasteiger charge is -2.30. The Morgan fingerprint density at radius 1 is 1.12 bits per heavy atom. The van der Waals surface area contributed by atoms with Gasteiger partial charge in [-0.3, -0.25) is 9.48 Å². The van der Waals surface area contributed by atoms with Crippen molar-refractivity contribution in [3.8, 4) is 16.9 Å². The Morgan fingerprint density at radius 3 is 2.75 bits per heavy atom. The maximum Gasteiger partial charge on any atom is 0.335 e. The number of anilines is 1. The van der Waals surface area contributed by atoms with E-state index in [1.165, 1.54) is 17.7 Å². The minimum atomic E-state index is -1.17. The Labute approximate surface area is 236 Å². The molecule has 0 radical (unpaired) electrons. The number of aromatic carboxylic acids is 1. The second kappa shape index (κ2) is 12.0. The van der Waals surface area contributed by atoms with Crippen molar-refractivity contribution in [1.82, 2.24) is 9.78 Å². The lowest BCUT2D eigenvalue weighted by molar-refractivity contribution is -0.118. The van der Waals surface area contributed by atoms with Gasteiger partial charge in [0.1, 0.15) is 11.6 Å². The Hall–Kier alpha value is -4.11. The fourth-order valence-corrected chi connectivity index (χ4v) is 5.87. The molecule has 1 aliphatic rings. The van der Waals surface area contributed by atoms with Crippen LogP contribution in [0.2, 0.25) is 0 Å². The number of ether oxygens (including phenoxy) is 1. The van der Waals surface area contributed by atoms with E-state index >= 15 is 0 Å². The lowest BCUT2D eigenvalue weighted by Crippen LogP contribution is -2.35. The smallest absolute Gasteiger partial charge is 0.335 e. The van der Waals surface area contributed by atoms with Crippen molar-refractivity contribution in [2.24, 2.45) is 0 Å². The van der Waals surface area contributed by atoms with E-state index in [9.17, 15) is 14.0 Å². The first kappa shape index (κ1) is 27.5. The summed E-state index contributed by atoms with van der Waals surface area (Å²) >= 11 is 1.71. The summed E-state index contributed by atoms with van der Waals surface area (Å²) in [6.07, 6.45) is 4.59. The van der Waals surface area contributed by atoms with Gasteiger partial charge in [0.05, 0.1) is 30.6 Å². The molecule has 4 aromatic rings. The van der Waals surface area contributed by atoms with Gasteiger partial charge in [0, 0.05) is 46.5 Å². The van der Waals surface area contributed by atoms with Crippen LogP contribution in [0.4, 0.5) is 10.1 Å². The van der Waals surface area contributed by atoms with Crippen LogP contribution in [-0.2, 0) is 11.3 Å². The summed E-state index contributed by atoms with van der Waals surface area (Å²) in [5, 5.41) is 13.5. The lowest BCUT2D eigenvalue weighted by atomic mass is 10.1. The monoisotopic (exact) mass is 559 g/mol. The molecular formula is C31H30FN3O4S. The van der Waals surface area contributed by atoms with E-state index in [2.05, 4.69) is 18.1 Å². The molecule has 0 saturated carbocycles. The molecule has 0 unspecified atom stereocenters. The van der Waals surface area contributed by atoms with E-state index in [4.69, 9.17) is 9.84 Å². The first-order chi connectivity index (χ1) is 19.3. The number of aromatic nitrogens is 2. The largest absolute Gasteiger partial charge is 0.493 e. The third kappa shape index (κ3) is 5.89.